The van der Waals surface area contributed by atoms with E-state index in [0.29, 0.717) is 6.54 Å². The highest BCUT2D eigenvalue weighted by molar-refractivity contribution is 7.89. The average molecular weight is 394 g/mol. The van der Waals surface area contributed by atoms with Gasteiger partial charge < -0.3 is 9.84 Å². The number of sulfonamides is 1. The van der Waals surface area contributed by atoms with Gasteiger partial charge in [-0.05, 0) is 36.0 Å². The summed E-state index contributed by atoms with van der Waals surface area (Å²) in [5.74, 6) is -0.189. The Morgan fingerprint density at radius 2 is 1.85 bits per heavy atom. The van der Waals surface area contributed by atoms with Gasteiger partial charge in [-0.3, -0.25) is 4.79 Å². The van der Waals surface area contributed by atoms with E-state index in [-0.39, 0.29) is 29.2 Å². The molecule has 0 fully saturated rings. The standard InChI is InChI=1S/C19H27N3O4S/c1-19(2,3)16-6-8-17(9-7-16)27(24,25)22-12-10-18(23)20-11-4-5-15-13-21-26-14-15/h6-9,13-14,22H,4-5,10-12H2,1-3H3,(H,20,23). The molecule has 1 heterocycles. The Kier molecular flexibility index (Phi) is 7.15. The predicted molar refractivity (Wildman–Crippen MR) is 103 cm³/mol. The Morgan fingerprint density at radius 3 is 2.44 bits per heavy atom. The average Bonchev–Trinajstić information content (AvgIpc) is 3.11. The third-order valence-corrected chi connectivity index (χ3v) is 5.60. The van der Waals surface area contributed by atoms with Crippen LogP contribution >= 0.6 is 0 Å². The molecule has 0 saturated heterocycles. The number of nitrogens with one attached hydrogen (secondary N) is 2. The van der Waals surface area contributed by atoms with Crippen molar-refractivity contribution < 1.29 is 17.7 Å². The molecule has 0 aliphatic rings. The van der Waals surface area contributed by atoms with E-state index in [2.05, 4.69) is 36.0 Å². The van der Waals surface area contributed by atoms with Crippen LogP contribution in [0.15, 0.2) is 46.1 Å². The van der Waals surface area contributed by atoms with Gasteiger partial charge in [-0.2, -0.15) is 0 Å². The Balaban J connectivity index is 1.72. The molecule has 8 heteroatoms. The number of carbonyl (C=O) groups is 1. The van der Waals surface area contributed by atoms with Crippen LogP contribution in [0.25, 0.3) is 0 Å². The maximum Gasteiger partial charge on any atom is 0.240 e. The Hall–Kier alpha value is -2.19. The molecule has 148 valence electrons. The van der Waals surface area contributed by atoms with Gasteiger partial charge in [0.05, 0.1) is 11.1 Å². The zero-order chi connectivity index (χ0) is 19.9. The molecule has 0 unspecified atom stereocenters. The van der Waals surface area contributed by atoms with Crippen molar-refractivity contribution in [3.8, 4) is 0 Å². The number of aromatic nitrogens is 1. The summed E-state index contributed by atoms with van der Waals surface area (Å²) in [4.78, 5) is 12.0. The number of amides is 1. The highest BCUT2D eigenvalue weighted by Gasteiger charge is 2.17. The van der Waals surface area contributed by atoms with Gasteiger partial charge in [-0.15, -0.1) is 0 Å². The van der Waals surface area contributed by atoms with Crippen LogP contribution < -0.4 is 10.0 Å². The van der Waals surface area contributed by atoms with Crippen LogP contribution in [-0.2, 0) is 26.7 Å². The Morgan fingerprint density at radius 1 is 1.15 bits per heavy atom. The number of nitrogens with zero attached hydrogens (tertiary/aromatic N) is 1. The number of benzene rings is 1. The minimum atomic E-state index is -3.62. The fourth-order valence-electron chi connectivity index (χ4n) is 2.48. The van der Waals surface area contributed by atoms with E-state index < -0.39 is 10.0 Å². The summed E-state index contributed by atoms with van der Waals surface area (Å²) in [5.41, 5.74) is 2.00. The molecule has 0 bridgehead atoms. The van der Waals surface area contributed by atoms with E-state index in [4.69, 9.17) is 4.52 Å². The first-order valence-electron chi connectivity index (χ1n) is 8.94. The molecule has 1 amide bonds. The fraction of sp³-hybridized carbons (Fsp3) is 0.474. The van der Waals surface area contributed by atoms with Crippen LogP contribution in [0.4, 0.5) is 0 Å². The van der Waals surface area contributed by atoms with Crippen LogP contribution in [-0.4, -0.2) is 32.6 Å². The van der Waals surface area contributed by atoms with Gasteiger partial charge in [0.25, 0.3) is 0 Å². The molecular formula is C19H27N3O4S. The first-order valence-corrected chi connectivity index (χ1v) is 10.4. The number of hydrogen-bond acceptors (Lipinski definition) is 5. The van der Waals surface area contributed by atoms with Crippen molar-refractivity contribution in [2.75, 3.05) is 13.1 Å². The molecule has 7 nitrogen and oxygen atoms in total. The van der Waals surface area contributed by atoms with Crippen molar-refractivity contribution in [1.82, 2.24) is 15.2 Å². The summed E-state index contributed by atoms with van der Waals surface area (Å²) in [7, 11) is -3.62. The molecule has 0 radical (unpaired) electrons. The molecule has 0 saturated carbocycles. The minimum Gasteiger partial charge on any atom is -0.364 e. The molecule has 27 heavy (non-hydrogen) atoms. The smallest absolute Gasteiger partial charge is 0.240 e. The zero-order valence-electron chi connectivity index (χ0n) is 16.0. The lowest BCUT2D eigenvalue weighted by Crippen LogP contribution is -2.31. The van der Waals surface area contributed by atoms with Crippen molar-refractivity contribution in [2.24, 2.45) is 0 Å². The van der Waals surface area contributed by atoms with Crippen molar-refractivity contribution in [1.29, 1.82) is 0 Å². The van der Waals surface area contributed by atoms with Crippen molar-refractivity contribution in [2.45, 2.75) is 50.3 Å². The molecule has 0 aliphatic heterocycles. The number of rotatable bonds is 9. The Bertz CT molecular complexity index is 823. The molecular weight excluding hydrogens is 366 g/mol. The van der Waals surface area contributed by atoms with Gasteiger partial charge in [0.2, 0.25) is 15.9 Å². The summed E-state index contributed by atoms with van der Waals surface area (Å²) in [5, 5.41) is 6.38. The van der Waals surface area contributed by atoms with Gasteiger partial charge in [0.15, 0.2) is 0 Å². The lowest BCUT2D eigenvalue weighted by molar-refractivity contribution is -0.120. The van der Waals surface area contributed by atoms with E-state index in [1.807, 2.05) is 12.1 Å². The quantitative estimate of drug-likeness (QED) is 0.637. The first kappa shape index (κ1) is 21.1. The second kappa shape index (κ2) is 9.14. The van der Waals surface area contributed by atoms with Gasteiger partial charge in [0.1, 0.15) is 6.26 Å². The van der Waals surface area contributed by atoms with Crippen LogP contribution in [0.1, 0.15) is 44.7 Å². The van der Waals surface area contributed by atoms with Crippen LogP contribution in [0.3, 0.4) is 0 Å². The second-order valence-electron chi connectivity index (χ2n) is 7.41. The van der Waals surface area contributed by atoms with Crippen molar-refractivity contribution in [3.63, 3.8) is 0 Å². The molecule has 0 aliphatic carbocycles. The SMILES string of the molecule is CC(C)(C)c1ccc(S(=O)(=O)NCCC(=O)NCCCc2cnoc2)cc1. The molecule has 0 atom stereocenters. The summed E-state index contributed by atoms with van der Waals surface area (Å²) in [6.07, 6.45) is 4.83. The predicted octanol–water partition coefficient (Wildman–Crippen LogP) is 2.39. The van der Waals surface area contributed by atoms with Crippen LogP contribution in [0, 0.1) is 0 Å². The summed E-state index contributed by atoms with van der Waals surface area (Å²) in [6, 6.07) is 6.81. The summed E-state index contributed by atoms with van der Waals surface area (Å²) >= 11 is 0. The fourth-order valence-corrected chi connectivity index (χ4v) is 3.51. The molecule has 1 aromatic heterocycles. The lowest BCUT2D eigenvalue weighted by atomic mass is 9.87. The van der Waals surface area contributed by atoms with Gasteiger partial charge in [-0.25, -0.2) is 13.1 Å². The molecule has 2 rings (SSSR count). The molecule has 2 aromatic rings. The summed E-state index contributed by atoms with van der Waals surface area (Å²) < 4.78 is 31.8. The lowest BCUT2D eigenvalue weighted by Gasteiger charge is -2.19. The maximum absolute atomic E-state index is 12.3. The molecule has 0 spiro atoms. The minimum absolute atomic E-state index is 0.0397. The van der Waals surface area contributed by atoms with Crippen LogP contribution in [0.5, 0.6) is 0 Å². The summed E-state index contributed by atoms with van der Waals surface area (Å²) in [6.45, 7) is 6.78. The van der Waals surface area contributed by atoms with E-state index in [1.165, 1.54) is 0 Å². The third-order valence-electron chi connectivity index (χ3n) is 4.12. The topological polar surface area (TPSA) is 101 Å². The first-order chi connectivity index (χ1) is 12.7. The normalized spacial score (nSPS) is 12.1. The largest absolute Gasteiger partial charge is 0.364 e. The van der Waals surface area contributed by atoms with Gasteiger partial charge in [-0.1, -0.05) is 38.1 Å². The Labute approximate surface area is 160 Å². The second-order valence-corrected chi connectivity index (χ2v) is 9.18. The molecule has 2 N–H and O–H groups in total. The highest BCUT2D eigenvalue weighted by atomic mass is 32.2. The van der Waals surface area contributed by atoms with E-state index in [9.17, 15) is 13.2 Å². The van der Waals surface area contributed by atoms with Crippen LogP contribution in [0.2, 0.25) is 0 Å². The number of carbonyl (C=O) groups excluding carboxylic acids is 1. The monoisotopic (exact) mass is 393 g/mol. The number of aryl methyl sites for hydroxylation is 1. The van der Waals surface area contributed by atoms with Crippen molar-refractivity contribution >= 4 is 15.9 Å². The molecule has 1 aromatic carbocycles. The van der Waals surface area contributed by atoms with E-state index in [1.54, 1.807) is 24.6 Å². The number of hydrogen-bond donors (Lipinski definition) is 2. The van der Waals surface area contributed by atoms with Crippen molar-refractivity contribution in [3.05, 3.63) is 47.9 Å². The van der Waals surface area contributed by atoms with E-state index >= 15 is 0 Å². The van der Waals surface area contributed by atoms with Gasteiger partial charge >= 0.3 is 0 Å². The maximum atomic E-state index is 12.3. The van der Waals surface area contributed by atoms with E-state index in [0.717, 1.165) is 24.0 Å². The zero-order valence-corrected chi connectivity index (χ0v) is 16.8. The third kappa shape index (κ3) is 6.80. The van der Waals surface area contributed by atoms with Gasteiger partial charge in [0, 0.05) is 25.1 Å². The highest BCUT2D eigenvalue weighted by Crippen LogP contribution is 2.23.